The number of hydrogen-bond donors (Lipinski definition) is 6. The van der Waals surface area contributed by atoms with Crippen molar-refractivity contribution in [2.75, 3.05) is 25.6 Å². The molecule has 1 aliphatic rings. The number of anilines is 1. The van der Waals surface area contributed by atoms with E-state index in [9.17, 15) is 48.6 Å². The number of aliphatic hydroxyl groups excluding tert-OH is 3. The molecule has 1 saturated heterocycles. The summed E-state index contributed by atoms with van der Waals surface area (Å²) in [6, 6.07) is 1.23. The predicted molar refractivity (Wildman–Crippen MR) is 290 cm³/mol. The lowest BCUT2D eigenvalue weighted by atomic mass is 10.1. The Morgan fingerprint density at radius 3 is 1.95 bits per heavy atom. The normalized spacial score (nSPS) is 20.1. The van der Waals surface area contributed by atoms with Crippen molar-refractivity contribution < 1.29 is 71.4 Å². The lowest BCUT2D eigenvalue weighted by molar-refractivity contribution is -0.161. The van der Waals surface area contributed by atoms with Crippen LogP contribution in [0.2, 0.25) is 0 Å². The van der Waals surface area contributed by atoms with E-state index in [0.29, 0.717) is 6.42 Å². The van der Waals surface area contributed by atoms with Crippen LogP contribution in [0.1, 0.15) is 142 Å². The fourth-order valence-electron chi connectivity index (χ4n) is 6.90. The monoisotopic (exact) mass is 1090 g/mol. The van der Waals surface area contributed by atoms with Crippen LogP contribution in [0.15, 0.2) is 126 Å². The molecule has 8 atom stereocenters. The quantitative estimate of drug-likeness (QED) is 0.0117. The Balaban J connectivity index is 1.87. The second-order valence-electron chi connectivity index (χ2n) is 17.5. The van der Waals surface area contributed by atoms with Crippen LogP contribution in [0.5, 0.6) is 0 Å². The van der Waals surface area contributed by atoms with Gasteiger partial charge in [0.1, 0.15) is 30.7 Å². The van der Waals surface area contributed by atoms with E-state index >= 15 is 0 Å². The fraction of sp³-hybridized carbons (Fsp3) is 0.556. The molecule has 75 heavy (non-hydrogen) atoms. The summed E-state index contributed by atoms with van der Waals surface area (Å²) in [7, 11) is -11.0. The number of carbonyl (C=O) groups excluding carboxylic acids is 2. The van der Waals surface area contributed by atoms with Gasteiger partial charge in [0.25, 0.3) is 0 Å². The van der Waals surface area contributed by atoms with Crippen molar-refractivity contribution in [1.82, 2.24) is 9.55 Å². The number of nitrogen functional groups attached to an aromatic ring is 1. The molecule has 0 amide bonds. The van der Waals surface area contributed by atoms with Gasteiger partial charge in [-0.15, -0.1) is 0 Å². The largest absolute Gasteiger partial charge is 0.481 e. The Kier molecular flexibility index (Phi) is 36.0. The third-order valence-corrected chi connectivity index (χ3v) is 13.5. The van der Waals surface area contributed by atoms with E-state index in [0.717, 1.165) is 81.4 Å². The molecule has 2 rings (SSSR count). The zero-order valence-electron chi connectivity index (χ0n) is 43.7. The van der Waals surface area contributed by atoms with Gasteiger partial charge in [0, 0.05) is 19.0 Å². The van der Waals surface area contributed by atoms with Crippen molar-refractivity contribution in [3.63, 3.8) is 0 Å². The zero-order chi connectivity index (χ0) is 55.0. The number of allylic oxidation sites excluding steroid dienone is 16. The number of ether oxygens (including phenoxy) is 3. The van der Waals surface area contributed by atoms with Gasteiger partial charge in [-0.25, -0.2) is 13.9 Å². The Hall–Kier alpha value is -4.62. The minimum Gasteiger partial charge on any atom is -0.462 e. The molecule has 0 spiro atoms. The van der Waals surface area contributed by atoms with E-state index < -0.39 is 89.8 Å². The second kappa shape index (κ2) is 40.6. The highest BCUT2D eigenvalue weighted by Gasteiger charge is 2.46. The van der Waals surface area contributed by atoms with Gasteiger partial charge in [-0.1, -0.05) is 149 Å². The minimum absolute atomic E-state index is 0.0574. The number of aliphatic hydroxyl groups is 3. The first-order chi connectivity index (χ1) is 36.1. The number of carbonyl (C=O) groups is 2. The molecule has 2 heterocycles. The molecule has 21 heteroatoms. The Morgan fingerprint density at radius 2 is 1.31 bits per heavy atom. The second-order valence-corrected chi connectivity index (χ2v) is 20.5. The summed E-state index contributed by atoms with van der Waals surface area (Å²) in [4.78, 5) is 61.9. The Bertz CT molecular complexity index is 2200. The maximum Gasteiger partial charge on any atom is 0.481 e. The van der Waals surface area contributed by atoms with Gasteiger partial charge >= 0.3 is 33.3 Å². The number of phosphoric ester groups is 2. The lowest BCUT2D eigenvalue weighted by Gasteiger charge is -2.21. The maximum atomic E-state index is 12.9. The Morgan fingerprint density at radius 1 is 0.720 bits per heavy atom. The van der Waals surface area contributed by atoms with Crippen LogP contribution in [-0.2, 0) is 46.3 Å². The smallest absolute Gasteiger partial charge is 0.462 e. The van der Waals surface area contributed by atoms with Crippen molar-refractivity contribution in [3.8, 4) is 0 Å². The van der Waals surface area contributed by atoms with E-state index in [1.165, 1.54) is 25.3 Å². The molecule has 420 valence electrons. The highest BCUT2D eigenvalue weighted by atomic mass is 31.3. The summed E-state index contributed by atoms with van der Waals surface area (Å²) in [6.07, 6.45) is 43.3. The molecule has 0 aliphatic carbocycles. The van der Waals surface area contributed by atoms with Gasteiger partial charge in [-0.2, -0.15) is 9.29 Å². The van der Waals surface area contributed by atoms with Crippen molar-refractivity contribution in [3.05, 3.63) is 132 Å². The van der Waals surface area contributed by atoms with E-state index in [-0.39, 0.29) is 31.5 Å². The van der Waals surface area contributed by atoms with Gasteiger partial charge in [-0.05, 0) is 89.5 Å². The third kappa shape index (κ3) is 33.2. The van der Waals surface area contributed by atoms with Crippen LogP contribution in [-0.4, -0.2) is 96.9 Å². The fourth-order valence-corrected chi connectivity index (χ4v) is 9.01. The molecule has 0 saturated carbocycles. The van der Waals surface area contributed by atoms with E-state index in [2.05, 4.69) is 96.1 Å². The number of nitrogens with two attached hydrogens (primary N) is 1. The predicted octanol–water partition coefficient (Wildman–Crippen LogP) is 9.97. The molecule has 3 unspecified atom stereocenters. The van der Waals surface area contributed by atoms with E-state index in [1.54, 1.807) is 24.3 Å². The maximum absolute atomic E-state index is 12.9. The first-order valence-electron chi connectivity index (χ1n) is 26.0. The summed E-state index contributed by atoms with van der Waals surface area (Å²) in [5.41, 5.74) is 4.57. The third-order valence-electron chi connectivity index (χ3n) is 10.9. The molecule has 7 N–H and O–H groups in total. The van der Waals surface area contributed by atoms with Gasteiger partial charge < -0.3 is 45.1 Å². The topological polar surface area (TPSA) is 286 Å². The number of hydrogen-bond acceptors (Lipinski definition) is 16. The standard InChI is InChI=1S/C54H83N3O16P2/c1-3-5-7-9-11-13-15-17-18-19-20-22-24-26-28-30-34-38-49(59)68-42-46(71-50(60)39-35-31-33-37-45(58)36-32-29-27-25-23-21-16-14-12-10-8-6-4-2)43-69-74(64,65)73-75(66,67)70-44-47-51(61)52(62)53(72-47)57-41-40-48(55)56-54(57)63/h6,8,11-14,17-18,20-23,27,29,31-33,36,40-41,45-47,51-53,58,61-62H,3-5,7,9-10,15-16,19,24-26,28,30,34-35,37-39,42-44H2,1-2H3,(H,64,65)(H,66,67)(H2,55,56,63)/b8-6-,13-11-,14-12-,18-17-,22-20-,23-21-,29-27-,33-31-,36-32-/t45?,46-,47-,51-,52-,53-/m1/s1. The summed E-state index contributed by atoms with van der Waals surface area (Å²) in [5, 5.41) is 31.2. The molecule has 1 aromatic heterocycles. The number of nitrogens with zero attached hydrogens (tertiary/aromatic N) is 2. The highest BCUT2D eigenvalue weighted by Crippen LogP contribution is 2.60. The molecule has 1 aliphatic heterocycles. The average Bonchev–Trinajstić information content (AvgIpc) is 3.64. The number of rotatable bonds is 41. The van der Waals surface area contributed by atoms with Crippen molar-refractivity contribution >= 4 is 33.4 Å². The number of unbranched alkanes of at least 4 members (excludes halogenated alkanes) is 7. The van der Waals surface area contributed by atoms with Gasteiger partial charge in [-0.3, -0.25) is 23.2 Å². The highest BCUT2D eigenvalue weighted by molar-refractivity contribution is 7.61. The lowest BCUT2D eigenvalue weighted by Crippen LogP contribution is -2.36. The molecular weight excluding hydrogens is 1010 g/mol. The molecule has 1 aromatic rings. The zero-order valence-corrected chi connectivity index (χ0v) is 45.4. The minimum atomic E-state index is -5.48. The molecule has 1 fully saturated rings. The average molecular weight is 1090 g/mol. The van der Waals surface area contributed by atoms with Gasteiger partial charge in [0.2, 0.25) is 0 Å². The SMILES string of the molecule is CC/C=C\C/C=C\C/C=C\C/C=C\C=C/C(O)C/C=C\CCC(=O)O[C@H](COC(=O)CCCCCC/C=C\C/C=C\C/C=C\CCCCC)COP(=O)(O)OP(=O)(O)OC[C@H]1O[C@@H](n2ccc(N)nc2=O)[C@H](O)[C@@H]1O. The molecule has 0 aromatic carbocycles. The molecule has 0 radical (unpaired) electrons. The molecular formula is C54H83N3O16P2. The summed E-state index contributed by atoms with van der Waals surface area (Å²) in [5.74, 6) is -1.53. The number of esters is 2. The summed E-state index contributed by atoms with van der Waals surface area (Å²) in [6.45, 7) is 1.81. The van der Waals surface area contributed by atoms with Gasteiger partial charge in [0.15, 0.2) is 12.3 Å². The van der Waals surface area contributed by atoms with Crippen LogP contribution >= 0.6 is 15.6 Å². The number of aromatic nitrogens is 2. The van der Waals surface area contributed by atoms with E-state index in [1.807, 2.05) is 12.2 Å². The van der Waals surface area contributed by atoms with Crippen molar-refractivity contribution in [2.45, 2.75) is 173 Å². The van der Waals surface area contributed by atoms with Crippen molar-refractivity contribution in [1.29, 1.82) is 0 Å². The molecule has 0 bridgehead atoms. The van der Waals surface area contributed by atoms with Crippen LogP contribution in [0.4, 0.5) is 5.82 Å². The molecule has 19 nitrogen and oxygen atoms in total. The first-order valence-corrected chi connectivity index (χ1v) is 29.0. The summed E-state index contributed by atoms with van der Waals surface area (Å²) < 4.78 is 56.6. The van der Waals surface area contributed by atoms with Crippen molar-refractivity contribution in [2.24, 2.45) is 0 Å². The number of phosphoric acid groups is 2. The van der Waals surface area contributed by atoms with Crippen LogP contribution in [0, 0.1) is 0 Å². The summed E-state index contributed by atoms with van der Waals surface area (Å²) >= 11 is 0. The van der Waals surface area contributed by atoms with Gasteiger partial charge in [0.05, 0.1) is 19.3 Å². The first kappa shape index (κ1) is 66.5. The van der Waals surface area contributed by atoms with Crippen LogP contribution < -0.4 is 11.4 Å². The van der Waals surface area contributed by atoms with E-state index in [4.69, 9.17) is 29.0 Å². The van der Waals surface area contributed by atoms with Crippen LogP contribution in [0.3, 0.4) is 0 Å². The Labute approximate surface area is 443 Å². The van der Waals surface area contributed by atoms with Crippen LogP contribution in [0.25, 0.3) is 0 Å².